The van der Waals surface area contributed by atoms with E-state index in [4.69, 9.17) is 16.6 Å². The Labute approximate surface area is 161 Å². The molecule has 0 atom stereocenters. The minimum Gasteiger partial charge on any atom is -0.337 e. The number of rotatable bonds is 4. The lowest BCUT2D eigenvalue weighted by molar-refractivity contribution is -0.129. The van der Waals surface area contributed by atoms with Gasteiger partial charge in [0.05, 0.1) is 23.5 Å². The van der Waals surface area contributed by atoms with Crippen LogP contribution in [0.25, 0.3) is 5.69 Å². The summed E-state index contributed by atoms with van der Waals surface area (Å²) in [6, 6.07) is 9.61. The first-order valence-corrected chi connectivity index (χ1v) is 10.3. The van der Waals surface area contributed by atoms with Crippen LogP contribution in [0.4, 0.5) is 0 Å². The minimum atomic E-state index is -0.143. The summed E-state index contributed by atoms with van der Waals surface area (Å²) in [7, 11) is 0. The van der Waals surface area contributed by atoms with Gasteiger partial charge in [-0.1, -0.05) is 36.4 Å². The van der Waals surface area contributed by atoms with Crippen LogP contribution in [-0.4, -0.2) is 38.0 Å². The standard InChI is InChI=1S/C19H20ClN3O2S/c20-11-17(24)22-10-9-16-15(12-22)18(25)23(13-5-2-1-3-6-13)19(21-16)26-14-7-4-8-14/h1-3,5-6,14H,4,7-12H2. The van der Waals surface area contributed by atoms with Crippen LogP contribution in [0.15, 0.2) is 40.3 Å². The number of aromatic nitrogens is 2. The molecule has 2 aliphatic rings. The summed E-state index contributed by atoms with van der Waals surface area (Å²) in [6.45, 7) is 0.849. The SMILES string of the molecule is O=C(CCl)N1CCc2nc(SC3CCC3)n(-c3ccccc3)c(=O)c2C1. The van der Waals surface area contributed by atoms with Gasteiger partial charge in [-0.3, -0.25) is 14.2 Å². The number of benzene rings is 1. The number of thioether (sulfide) groups is 1. The van der Waals surface area contributed by atoms with E-state index in [0.717, 1.165) is 16.5 Å². The zero-order valence-corrected chi connectivity index (χ0v) is 15.9. The molecule has 4 rings (SSSR count). The largest absolute Gasteiger partial charge is 0.337 e. The number of carbonyl (C=O) groups excluding carboxylic acids is 1. The average Bonchev–Trinajstić information content (AvgIpc) is 2.64. The highest BCUT2D eigenvalue weighted by molar-refractivity contribution is 7.99. The molecule has 1 fully saturated rings. The van der Waals surface area contributed by atoms with E-state index in [1.165, 1.54) is 19.3 Å². The summed E-state index contributed by atoms with van der Waals surface area (Å²) < 4.78 is 1.70. The van der Waals surface area contributed by atoms with Crippen molar-refractivity contribution in [3.63, 3.8) is 0 Å². The van der Waals surface area contributed by atoms with Crippen LogP contribution in [-0.2, 0) is 17.8 Å². The van der Waals surface area contributed by atoms with Gasteiger partial charge in [-0.25, -0.2) is 4.98 Å². The summed E-state index contributed by atoms with van der Waals surface area (Å²) in [4.78, 5) is 31.8. The van der Waals surface area contributed by atoms with Crippen LogP contribution >= 0.6 is 23.4 Å². The van der Waals surface area contributed by atoms with Crippen LogP contribution in [0, 0.1) is 0 Å². The lowest BCUT2D eigenvalue weighted by Gasteiger charge is -2.30. The maximum Gasteiger partial charge on any atom is 0.264 e. The Morgan fingerprint density at radius 2 is 2.04 bits per heavy atom. The number of halogens is 1. The van der Waals surface area contributed by atoms with E-state index in [1.807, 2.05) is 30.3 Å². The highest BCUT2D eigenvalue weighted by Crippen LogP contribution is 2.36. The molecular formula is C19H20ClN3O2S. The second-order valence-corrected chi connectivity index (χ2v) is 8.20. The number of fused-ring (bicyclic) bond motifs is 1. The molecule has 1 aliphatic carbocycles. The van der Waals surface area contributed by atoms with Crippen molar-refractivity contribution >= 4 is 29.3 Å². The molecule has 26 heavy (non-hydrogen) atoms. The second kappa shape index (κ2) is 7.45. The number of hydrogen-bond acceptors (Lipinski definition) is 4. The number of alkyl halides is 1. The Balaban J connectivity index is 1.80. The molecule has 2 heterocycles. The van der Waals surface area contributed by atoms with E-state index in [0.29, 0.717) is 23.8 Å². The molecule has 1 aromatic heterocycles. The normalized spacial score (nSPS) is 16.9. The fourth-order valence-electron chi connectivity index (χ4n) is 3.27. The van der Waals surface area contributed by atoms with Gasteiger partial charge in [0.1, 0.15) is 5.88 Å². The lowest BCUT2D eigenvalue weighted by atomic mass is 10.0. The number of para-hydroxylation sites is 1. The number of amides is 1. The molecule has 7 heteroatoms. The van der Waals surface area contributed by atoms with Crippen LogP contribution in [0.5, 0.6) is 0 Å². The molecule has 0 unspecified atom stereocenters. The summed E-state index contributed by atoms with van der Waals surface area (Å²) in [6.07, 6.45) is 4.18. The van der Waals surface area contributed by atoms with E-state index in [2.05, 4.69) is 0 Å². The van der Waals surface area contributed by atoms with Gasteiger partial charge in [0.15, 0.2) is 5.16 Å². The Kier molecular flexibility index (Phi) is 5.05. The molecule has 5 nitrogen and oxygen atoms in total. The summed E-state index contributed by atoms with van der Waals surface area (Å²) >= 11 is 7.39. The highest BCUT2D eigenvalue weighted by Gasteiger charge is 2.28. The van der Waals surface area contributed by atoms with E-state index < -0.39 is 0 Å². The fourth-order valence-corrected chi connectivity index (χ4v) is 4.77. The van der Waals surface area contributed by atoms with Gasteiger partial charge in [-0.15, -0.1) is 11.6 Å². The number of carbonyl (C=O) groups is 1. The smallest absolute Gasteiger partial charge is 0.264 e. The van der Waals surface area contributed by atoms with Crippen molar-refractivity contribution < 1.29 is 4.79 Å². The van der Waals surface area contributed by atoms with Gasteiger partial charge in [0.25, 0.3) is 5.56 Å². The van der Waals surface area contributed by atoms with Gasteiger partial charge < -0.3 is 4.90 Å². The Morgan fingerprint density at radius 1 is 1.27 bits per heavy atom. The topological polar surface area (TPSA) is 55.2 Å². The van der Waals surface area contributed by atoms with E-state index in [9.17, 15) is 9.59 Å². The summed E-state index contributed by atoms with van der Waals surface area (Å²) in [5, 5.41) is 1.30. The Morgan fingerprint density at radius 3 is 2.69 bits per heavy atom. The molecular weight excluding hydrogens is 370 g/mol. The molecule has 1 saturated carbocycles. The van der Waals surface area contributed by atoms with Crippen molar-refractivity contribution in [1.82, 2.24) is 14.5 Å². The van der Waals surface area contributed by atoms with Crippen LogP contribution in [0.2, 0.25) is 0 Å². The van der Waals surface area contributed by atoms with Crippen molar-refractivity contribution in [2.45, 2.75) is 42.6 Å². The zero-order valence-electron chi connectivity index (χ0n) is 14.4. The van der Waals surface area contributed by atoms with Crippen molar-refractivity contribution in [3.8, 4) is 5.69 Å². The minimum absolute atomic E-state index is 0.0642. The van der Waals surface area contributed by atoms with Gasteiger partial charge in [0.2, 0.25) is 5.91 Å². The van der Waals surface area contributed by atoms with Crippen molar-refractivity contribution in [2.75, 3.05) is 12.4 Å². The van der Waals surface area contributed by atoms with Crippen LogP contribution in [0.3, 0.4) is 0 Å². The van der Waals surface area contributed by atoms with E-state index in [1.54, 1.807) is 21.2 Å². The van der Waals surface area contributed by atoms with Crippen molar-refractivity contribution in [2.24, 2.45) is 0 Å². The van der Waals surface area contributed by atoms with Gasteiger partial charge >= 0.3 is 0 Å². The predicted octanol–water partition coefficient (Wildman–Crippen LogP) is 3.00. The molecule has 0 N–H and O–H groups in total. The van der Waals surface area contributed by atoms with Gasteiger partial charge in [-0.05, 0) is 25.0 Å². The predicted molar refractivity (Wildman–Crippen MR) is 103 cm³/mol. The quantitative estimate of drug-likeness (QED) is 0.595. The molecule has 0 bridgehead atoms. The first-order valence-electron chi connectivity index (χ1n) is 8.88. The Bertz CT molecular complexity index is 880. The van der Waals surface area contributed by atoms with Gasteiger partial charge in [0, 0.05) is 18.2 Å². The molecule has 0 radical (unpaired) electrons. The highest BCUT2D eigenvalue weighted by atomic mass is 35.5. The summed E-state index contributed by atoms with van der Waals surface area (Å²) in [5.74, 6) is -0.207. The molecule has 0 spiro atoms. The number of hydrogen-bond donors (Lipinski definition) is 0. The van der Waals surface area contributed by atoms with E-state index >= 15 is 0 Å². The zero-order chi connectivity index (χ0) is 18.1. The third-order valence-corrected chi connectivity index (χ3v) is 6.52. The average molecular weight is 390 g/mol. The molecule has 0 saturated heterocycles. The third-order valence-electron chi connectivity index (χ3n) is 5.00. The van der Waals surface area contributed by atoms with Crippen molar-refractivity contribution in [1.29, 1.82) is 0 Å². The molecule has 1 amide bonds. The maximum atomic E-state index is 13.3. The molecule has 1 aliphatic heterocycles. The lowest BCUT2D eigenvalue weighted by Crippen LogP contribution is -2.41. The van der Waals surface area contributed by atoms with Crippen LogP contribution in [0.1, 0.15) is 30.5 Å². The third kappa shape index (κ3) is 3.28. The van der Waals surface area contributed by atoms with Crippen LogP contribution < -0.4 is 5.56 Å². The molecule has 136 valence electrons. The number of nitrogens with zero attached hydrogens (tertiary/aromatic N) is 3. The second-order valence-electron chi connectivity index (χ2n) is 6.67. The Hall–Kier alpha value is -1.79. The van der Waals surface area contributed by atoms with E-state index in [-0.39, 0.29) is 23.9 Å². The fraction of sp³-hybridized carbons (Fsp3) is 0.421. The summed E-state index contributed by atoms with van der Waals surface area (Å²) in [5.41, 5.74) is 2.17. The monoisotopic (exact) mass is 389 g/mol. The first kappa shape index (κ1) is 17.6. The van der Waals surface area contributed by atoms with Crippen molar-refractivity contribution in [3.05, 3.63) is 51.9 Å². The first-order chi connectivity index (χ1) is 12.7. The maximum absolute atomic E-state index is 13.3. The van der Waals surface area contributed by atoms with Gasteiger partial charge in [-0.2, -0.15) is 0 Å². The molecule has 1 aromatic carbocycles. The molecule has 2 aromatic rings.